The fourth-order valence-corrected chi connectivity index (χ4v) is 11.2. The Bertz CT molecular complexity index is 1400. The van der Waals surface area contributed by atoms with Gasteiger partial charge in [-0.2, -0.15) is 0 Å². The Labute approximate surface area is 304 Å². The standard InChI is InChI=1S/C40H53Cl2N2P.Ru/c1-9-11-20-45(21-12-10-2)39(36(42)27-35(41)26-34-16-14-13-15-17-34)40-43(37-30(5)22-28(3)23-31(37)6)18-19-44(40)38-32(7)24-29(4)25-33(38)8;/h13-17,22-26,36H,9-12,18-21,27H2,1-8H3;/q;+2. The Morgan fingerprint density at radius 2 is 1.20 bits per heavy atom. The van der Waals surface area contributed by atoms with Gasteiger partial charge < -0.3 is 9.80 Å². The van der Waals surface area contributed by atoms with Crippen LogP contribution in [0.3, 0.4) is 0 Å². The van der Waals surface area contributed by atoms with Crippen molar-refractivity contribution in [3.63, 3.8) is 0 Å². The number of halogens is 2. The molecule has 0 aromatic heterocycles. The first-order valence-electron chi connectivity index (χ1n) is 16.8. The van der Waals surface area contributed by atoms with Crippen molar-refractivity contribution in [2.45, 2.75) is 92.9 Å². The number of alkyl halides is 1. The van der Waals surface area contributed by atoms with Crippen molar-refractivity contribution >= 4 is 48.6 Å². The monoisotopic (exact) mass is 764 g/mol. The van der Waals surface area contributed by atoms with Crippen LogP contribution in [-0.4, -0.2) is 30.8 Å². The molecule has 1 aliphatic heterocycles. The smallest absolute Gasteiger partial charge is 0.325 e. The number of benzene rings is 3. The topological polar surface area (TPSA) is 6.48 Å². The Kier molecular flexibility index (Phi) is 15.4. The van der Waals surface area contributed by atoms with Crippen LogP contribution in [0.4, 0.5) is 11.4 Å². The summed E-state index contributed by atoms with van der Waals surface area (Å²) in [5.41, 5.74) is 11.7. The van der Waals surface area contributed by atoms with Gasteiger partial charge in [0.05, 0.1) is 5.38 Å². The van der Waals surface area contributed by atoms with Crippen molar-refractivity contribution < 1.29 is 19.5 Å². The molecule has 1 unspecified atom stereocenters. The number of aryl methyl sites for hydroxylation is 6. The zero-order chi connectivity index (χ0) is 32.7. The molecule has 0 N–H and O–H groups in total. The fourth-order valence-electron chi connectivity index (χ4n) is 7.05. The largest absolute Gasteiger partial charge is 2.00 e. The molecule has 0 saturated carbocycles. The number of hydrogen-bond acceptors (Lipinski definition) is 2. The fraction of sp³-hybridized carbons (Fsp3) is 0.450. The molecule has 1 fully saturated rings. The van der Waals surface area contributed by atoms with Crippen molar-refractivity contribution in [2.24, 2.45) is 0 Å². The van der Waals surface area contributed by atoms with E-state index in [0.29, 0.717) is 6.42 Å². The first kappa shape index (κ1) is 38.8. The van der Waals surface area contributed by atoms with Gasteiger partial charge in [-0.1, -0.05) is 112 Å². The quantitative estimate of drug-likeness (QED) is 0.0972. The van der Waals surface area contributed by atoms with E-state index in [1.54, 1.807) is 0 Å². The number of anilines is 2. The first-order valence-corrected chi connectivity index (χ1v) is 19.3. The van der Waals surface area contributed by atoms with E-state index in [9.17, 15) is 0 Å². The molecule has 0 amide bonds. The summed E-state index contributed by atoms with van der Waals surface area (Å²) < 4.78 is 0. The third-order valence-electron chi connectivity index (χ3n) is 8.80. The molecule has 1 heterocycles. The van der Waals surface area contributed by atoms with Gasteiger partial charge in [-0.05, 0) is 101 Å². The predicted octanol–water partition coefficient (Wildman–Crippen LogP) is 12.4. The molecule has 2 nitrogen and oxygen atoms in total. The van der Waals surface area contributed by atoms with Gasteiger partial charge in [-0.3, -0.25) is 0 Å². The van der Waals surface area contributed by atoms with Crippen molar-refractivity contribution in [2.75, 3.05) is 35.2 Å². The summed E-state index contributed by atoms with van der Waals surface area (Å²) in [5, 5.41) is 2.03. The molecule has 0 bridgehead atoms. The number of allylic oxidation sites excluding steroid dienone is 2. The van der Waals surface area contributed by atoms with Crippen LogP contribution < -0.4 is 9.80 Å². The van der Waals surface area contributed by atoms with Gasteiger partial charge >= 0.3 is 19.5 Å². The molecule has 1 atom stereocenters. The minimum Gasteiger partial charge on any atom is -0.325 e. The Morgan fingerprint density at radius 3 is 1.61 bits per heavy atom. The Morgan fingerprint density at radius 1 is 0.761 bits per heavy atom. The molecule has 0 spiro atoms. The predicted molar refractivity (Wildman–Crippen MR) is 204 cm³/mol. The van der Waals surface area contributed by atoms with Gasteiger partial charge in [0.15, 0.2) is 0 Å². The van der Waals surface area contributed by atoms with Gasteiger partial charge in [-0.25, -0.2) is 0 Å². The van der Waals surface area contributed by atoms with Crippen molar-refractivity contribution in [3.05, 3.63) is 110 Å². The van der Waals surface area contributed by atoms with Crippen LogP contribution in [-0.2, 0) is 19.5 Å². The number of nitrogens with zero attached hydrogens (tertiary/aromatic N) is 2. The zero-order valence-electron chi connectivity index (χ0n) is 29.2. The minimum absolute atomic E-state index is 0. The second-order valence-corrected chi connectivity index (χ2v) is 16.3. The molecule has 4 rings (SSSR count). The summed E-state index contributed by atoms with van der Waals surface area (Å²) in [6, 6.07) is 19.7. The summed E-state index contributed by atoms with van der Waals surface area (Å²) in [5.74, 6) is 1.31. The maximum absolute atomic E-state index is 7.74. The average Bonchev–Trinajstić information content (AvgIpc) is 3.36. The second kappa shape index (κ2) is 18.2. The van der Waals surface area contributed by atoms with Crippen molar-refractivity contribution in [1.29, 1.82) is 0 Å². The molecule has 3 aromatic carbocycles. The van der Waals surface area contributed by atoms with Crippen molar-refractivity contribution in [3.8, 4) is 0 Å². The molecule has 248 valence electrons. The van der Waals surface area contributed by atoms with Gasteiger partial charge in [0.25, 0.3) is 0 Å². The maximum atomic E-state index is 7.74. The Balaban J connectivity index is 0.00000576. The van der Waals surface area contributed by atoms with Gasteiger partial charge in [0.1, 0.15) is 5.82 Å². The molecule has 6 heteroatoms. The van der Waals surface area contributed by atoms with E-state index in [4.69, 9.17) is 23.2 Å². The van der Waals surface area contributed by atoms with E-state index in [1.165, 1.54) is 93.9 Å². The molecule has 46 heavy (non-hydrogen) atoms. The van der Waals surface area contributed by atoms with E-state index in [2.05, 4.69) is 120 Å². The molecule has 0 radical (unpaired) electrons. The molecule has 1 saturated heterocycles. The summed E-state index contributed by atoms with van der Waals surface area (Å²) in [6.07, 6.45) is 9.92. The van der Waals surface area contributed by atoms with Crippen LogP contribution >= 0.6 is 31.1 Å². The van der Waals surface area contributed by atoms with Gasteiger partial charge in [0.2, 0.25) is 0 Å². The van der Waals surface area contributed by atoms with E-state index in [1.807, 2.05) is 6.07 Å². The van der Waals surface area contributed by atoms with Crippen molar-refractivity contribution in [1.82, 2.24) is 0 Å². The SMILES string of the molecule is CCCCP(CCCC)C(=C1N(c2c(C)cc(C)cc2C)CCN1c1c(C)cc(C)cc1C)C(Cl)CC(Cl)=Cc1ccccc1.[Ru+2]. The van der Waals surface area contributed by atoms with Crippen LogP contribution in [0.2, 0.25) is 0 Å². The van der Waals surface area contributed by atoms with Crippen LogP contribution in [0.5, 0.6) is 0 Å². The van der Waals surface area contributed by atoms with Gasteiger partial charge in [-0.15, -0.1) is 11.6 Å². The van der Waals surface area contributed by atoms with E-state index < -0.39 is 7.92 Å². The third-order valence-corrected chi connectivity index (χ3v) is 12.5. The molecule has 3 aromatic rings. The Hall–Kier alpha value is -1.63. The summed E-state index contributed by atoms with van der Waals surface area (Å²) in [7, 11) is -0.483. The number of hydrogen-bond donors (Lipinski definition) is 0. The normalized spacial score (nSPS) is 14.2. The maximum Gasteiger partial charge on any atom is 2.00 e. The van der Waals surface area contributed by atoms with Crippen LogP contribution in [0.25, 0.3) is 6.08 Å². The minimum atomic E-state index is -0.483. The molecular formula is C40H53Cl2N2PRu+2. The second-order valence-electron chi connectivity index (χ2n) is 12.9. The van der Waals surface area contributed by atoms with E-state index in [0.717, 1.165) is 23.7 Å². The zero-order valence-corrected chi connectivity index (χ0v) is 33.3. The summed E-state index contributed by atoms with van der Waals surface area (Å²) in [4.78, 5) is 5.24. The summed E-state index contributed by atoms with van der Waals surface area (Å²) in [6.45, 7) is 20.0. The molecular weight excluding hydrogens is 711 g/mol. The van der Waals surface area contributed by atoms with Crippen LogP contribution in [0.15, 0.2) is 70.8 Å². The van der Waals surface area contributed by atoms with E-state index >= 15 is 0 Å². The molecule has 0 aliphatic carbocycles. The first-order chi connectivity index (χ1) is 21.5. The molecule has 1 aliphatic rings. The summed E-state index contributed by atoms with van der Waals surface area (Å²) >= 11 is 14.8. The average molecular weight is 765 g/mol. The van der Waals surface area contributed by atoms with E-state index in [-0.39, 0.29) is 24.9 Å². The number of unbranched alkanes of at least 4 members (excludes halogenated alkanes) is 2. The third kappa shape index (κ3) is 9.50. The number of rotatable bonds is 13. The van der Waals surface area contributed by atoms with Crippen LogP contribution in [0, 0.1) is 41.5 Å². The van der Waals surface area contributed by atoms with Gasteiger partial charge in [0, 0.05) is 41.2 Å². The van der Waals surface area contributed by atoms with Crippen LogP contribution in [0.1, 0.15) is 84.9 Å².